The number of piperazine rings is 1. The molecule has 8 nitrogen and oxygen atoms in total. The molecule has 9 heteroatoms. The van der Waals surface area contributed by atoms with Crippen LogP contribution in [-0.4, -0.2) is 70.6 Å². The molecule has 1 fully saturated rings. The normalized spacial score (nSPS) is 14.3. The molecule has 0 aliphatic carbocycles. The zero-order valence-electron chi connectivity index (χ0n) is 14.6. The van der Waals surface area contributed by atoms with E-state index in [1.807, 2.05) is 29.2 Å². The number of nitrogens with zero attached hydrogens (tertiary/aromatic N) is 4. The van der Waals surface area contributed by atoms with Crippen LogP contribution < -0.4 is 10.2 Å². The highest BCUT2D eigenvalue weighted by molar-refractivity contribution is 7.99. The van der Waals surface area contributed by atoms with E-state index < -0.39 is 0 Å². The molecule has 3 rings (SSSR count). The second-order valence-corrected chi connectivity index (χ2v) is 7.08. The highest BCUT2D eigenvalue weighted by Crippen LogP contribution is 2.18. The van der Waals surface area contributed by atoms with Gasteiger partial charge in [-0.15, -0.1) is 16.9 Å². The Hall–Kier alpha value is -2.55. The number of amides is 2. The van der Waals surface area contributed by atoms with Gasteiger partial charge in [-0.05, 0) is 31.2 Å². The molecule has 26 heavy (non-hydrogen) atoms. The fourth-order valence-corrected chi connectivity index (χ4v) is 3.41. The molecule has 0 spiro atoms. The van der Waals surface area contributed by atoms with Crippen LogP contribution in [0.5, 0.6) is 0 Å². The second-order valence-electron chi connectivity index (χ2n) is 5.97. The summed E-state index contributed by atoms with van der Waals surface area (Å²) in [5.41, 5.74) is 1.80. The molecule has 1 aromatic carbocycles. The molecule has 1 aliphatic heterocycles. The van der Waals surface area contributed by atoms with Crippen LogP contribution in [0, 0.1) is 0 Å². The SMILES string of the molecule is CC(=O)c1ccc(N2CCN(C(=O)NCCSc3cn[nH]n3)CC2)cc1. The highest BCUT2D eigenvalue weighted by atomic mass is 32.2. The Labute approximate surface area is 156 Å². The monoisotopic (exact) mass is 374 g/mol. The second kappa shape index (κ2) is 8.70. The van der Waals surface area contributed by atoms with Crippen LogP contribution in [-0.2, 0) is 0 Å². The minimum atomic E-state index is -0.0302. The minimum absolute atomic E-state index is 0.0302. The fraction of sp³-hybridized carbons (Fsp3) is 0.412. The Bertz CT molecular complexity index is 726. The number of urea groups is 1. The predicted octanol–water partition coefficient (Wildman–Crippen LogP) is 1.63. The van der Waals surface area contributed by atoms with Crippen LogP contribution in [0.3, 0.4) is 0 Å². The van der Waals surface area contributed by atoms with Crippen molar-refractivity contribution >= 4 is 29.3 Å². The van der Waals surface area contributed by atoms with Crippen molar-refractivity contribution in [1.29, 1.82) is 0 Å². The number of rotatable bonds is 6. The number of hydrogen-bond acceptors (Lipinski definition) is 6. The largest absolute Gasteiger partial charge is 0.368 e. The van der Waals surface area contributed by atoms with E-state index in [1.54, 1.807) is 24.9 Å². The smallest absolute Gasteiger partial charge is 0.317 e. The molecule has 1 aliphatic rings. The van der Waals surface area contributed by atoms with Crippen molar-refractivity contribution in [1.82, 2.24) is 25.6 Å². The Morgan fingerprint density at radius 3 is 2.54 bits per heavy atom. The van der Waals surface area contributed by atoms with E-state index in [0.717, 1.165) is 35.1 Å². The summed E-state index contributed by atoms with van der Waals surface area (Å²) in [5.74, 6) is 0.820. The third kappa shape index (κ3) is 4.75. The Balaban J connectivity index is 1.39. The summed E-state index contributed by atoms with van der Waals surface area (Å²) in [6.07, 6.45) is 1.66. The van der Waals surface area contributed by atoms with Gasteiger partial charge in [0.15, 0.2) is 5.78 Å². The van der Waals surface area contributed by atoms with E-state index in [9.17, 15) is 9.59 Å². The van der Waals surface area contributed by atoms with Crippen molar-refractivity contribution in [3.63, 3.8) is 0 Å². The van der Waals surface area contributed by atoms with Gasteiger partial charge in [-0.2, -0.15) is 10.3 Å². The topological polar surface area (TPSA) is 94.2 Å². The number of hydrogen-bond donors (Lipinski definition) is 2. The van der Waals surface area contributed by atoms with Crippen LogP contribution in [0.4, 0.5) is 10.5 Å². The van der Waals surface area contributed by atoms with Gasteiger partial charge in [0, 0.05) is 49.7 Å². The van der Waals surface area contributed by atoms with Crippen LogP contribution >= 0.6 is 11.8 Å². The summed E-state index contributed by atoms with van der Waals surface area (Å²) in [4.78, 5) is 27.7. The van der Waals surface area contributed by atoms with Gasteiger partial charge in [0.2, 0.25) is 0 Å². The summed E-state index contributed by atoms with van der Waals surface area (Å²) < 4.78 is 0. The third-order valence-corrected chi connectivity index (χ3v) is 5.13. The first kappa shape index (κ1) is 18.2. The Morgan fingerprint density at radius 2 is 1.92 bits per heavy atom. The molecule has 0 saturated carbocycles. The molecule has 138 valence electrons. The lowest BCUT2D eigenvalue weighted by molar-refractivity contribution is 0.101. The van der Waals surface area contributed by atoms with Gasteiger partial charge in [-0.1, -0.05) is 0 Å². The van der Waals surface area contributed by atoms with Gasteiger partial charge in [-0.3, -0.25) is 4.79 Å². The molecular formula is C17H22N6O2S. The Morgan fingerprint density at radius 1 is 1.19 bits per heavy atom. The molecule has 2 heterocycles. The number of ketones is 1. The molecule has 0 atom stereocenters. The number of thioether (sulfide) groups is 1. The molecular weight excluding hydrogens is 352 g/mol. The van der Waals surface area contributed by atoms with Gasteiger partial charge >= 0.3 is 6.03 Å². The van der Waals surface area contributed by atoms with Gasteiger partial charge in [0.05, 0.1) is 6.20 Å². The zero-order valence-corrected chi connectivity index (χ0v) is 15.5. The van der Waals surface area contributed by atoms with Crippen LogP contribution in [0.2, 0.25) is 0 Å². The van der Waals surface area contributed by atoms with Crippen molar-refractivity contribution in [2.45, 2.75) is 11.9 Å². The zero-order chi connectivity index (χ0) is 18.4. The number of aromatic amines is 1. The number of anilines is 1. The molecule has 0 radical (unpaired) electrons. The summed E-state index contributed by atoms with van der Waals surface area (Å²) in [6.45, 7) is 5.06. The van der Waals surface area contributed by atoms with Gasteiger partial charge in [0.25, 0.3) is 0 Å². The van der Waals surface area contributed by atoms with Crippen LogP contribution in [0.15, 0.2) is 35.5 Å². The fourth-order valence-electron chi connectivity index (χ4n) is 2.76. The number of nitrogens with one attached hydrogen (secondary N) is 2. The lowest BCUT2D eigenvalue weighted by atomic mass is 10.1. The standard InChI is InChI=1S/C17H22N6O2S/c1-13(24)14-2-4-15(5-3-14)22-7-9-23(10-8-22)17(25)18-6-11-26-16-12-19-21-20-16/h2-5,12H,6-11H2,1H3,(H,18,25)(H,19,20,21). The quantitative estimate of drug-likeness (QED) is 0.453. The van der Waals surface area contributed by atoms with E-state index >= 15 is 0 Å². The lowest BCUT2D eigenvalue weighted by Crippen LogP contribution is -2.52. The maximum absolute atomic E-state index is 12.2. The van der Waals surface area contributed by atoms with Crippen molar-refractivity contribution in [3.8, 4) is 0 Å². The van der Waals surface area contributed by atoms with Crippen molar-refractivity contribution in [2.75, 3.05) is 43.4 Å². The molecule has 0 bridgehead atoms. The van der Waals surface area contributed by atoms with Crippen LogP contribution in [0.1, 0.15) is 17.3 Å². The van der Waals surface area contributed by atoms with Crippen molar-refractivity contribution < 1.29 is 9.59 Å². The Kier molecular flexibility index (Phi) is 6.11. The number of H-pyrrole nitrogens is 1. The van der Waals surface area contributed by atoms with E-state index in [4.69, 9.17) is 0 Å². The molecule has 2 aromatic rings. The number of aromatic nitrogens is 3. The van der Waals surface area contributed by atoms with E-state index in [-0.39, 0.29) is 11.8 Å². The summed E-state index contributed by atoms with van der Waals surface area (Å²) >= 11 is 1.55. The molecule has 2 N–H and O–H groups in total. The van der Waals surface area contributed by atoms with Gasteiger partial charge < -0.3 is 15.1 Å². The number of carbonyl (C=O) groups excluding carboxylic acids is 2. The average Bonchev–Trinajstić information content (AvgIpc) is 3.19. The van der Waals surface area contributed by atoms with Crippen molar-refractivity contribution in [3.05, 3.63) is 36.0 Å². The van der Waals surface area contributed by atoms with E-state index in [0.29, 0.717) is 19.6 Å². The molecule has 1 aromatic heterocycles. The summed E-state index contributed by atoms with van der Waals surface area (Å²) in [5, 5.41) is 14.0. The lowest BCUT2D eigenvalue weighted by Gasteiger charge is -2.36. The van der Waals surface area contributed by atoms with E-state index in [2.05, 4.69) is 25.6 Å². The first-order chi connectivity index (χ1) is 12.6. The average molecular weight is 374 g/mol. The predicted molar refractivity (Wildman–Crippen MR) is 101 cm³/mol. The molecule has 2 amide bonds. The number of carbonyl (C=O) groups is 2. The maximum Gasteiger partial charge on any atom is 0.317 e. The highest BCUT2D eigenvalue weighted by Gasteiger charge is 2.21. The minimum Gasteiger partial charge on any atom is -0.368 e. The van der Waals surface area contributed by atoms with Crippen LogP contribution in [0.25, 0.3) is 0 Å². The summed E-state index contributed by atoms with van der Waals surface area (Å²) in [7, 11) is 0. The first-order valence-electron chi connectivity index (χ1n) is 8.51. The van der Waals surface area contributed by atoms with Crippen molar-refractivity contribution in [2.24, 2.45) is 0 Å². The molecule has 0 unspecified atom stereocenters. The third-order valence-electron chi connectivity index (χ3n) is 4.23. The first-order valence-corrected chi connectivity index (χ1v) is 9.49. The summed E-state index contributed by atoms with van der Waals surface area (Å²) in [6, 6.07) is 7.60. The van der Waals surface area contributed by atoms with Gasteiger partial charge in [-0.25, -0.2) is 4.79 Å². The maximum atomic E-state index is 12.2. The van der Waals surface area contributed by atoms with Gasteiger partial charge in [0.1, 0.15) is 5.03 Å². The number of benzene rings is 1. The van der Waals surface area contributed by atoms with E-state index in [1.165, 1.54) is 0 Å². The number of Topliss-reactive ketones (excluding diaryl/α,β-unsaturated/α-hetero) is 1. The molecule has 1 saturated heterocycles.